The fraction of sp³-hybridized carbons (Fsp3) is 0.846. The minimum Gasteiger partial charge on any atom is -0.466 e. The number of ketones is 1. The average Bonchev–Trinajstić information content (AvgIpc) is 2.32. The Kier molecular flexibility index (Phi) is 10.6. The molecule has 0 fully saturated rings. The van der Waals surface area contributed by atoms with Crippen LogP contribution in [0, 0.1) is 0 Å². The molecule has 0 amide bonds. The van der Waals surface area contributed by atoms with Gasteiger partial charge in [0.25, 0.3) is 0 Å². The van der Waals surface area contributed by atoms with Crippen molar-refractivity contribution >= 4 is 11.8 Å². The van der Waals surface area contributed by atoms with Crippen LogP contribution < -0.4 is 5.32 Å². The highest BCUT2D eigenvalue weighted by Crippen LogP contribution is 2.01. The van der Waals surface area contributed by atoms with E-state index in [0.717, 1.165) is 25.7 Å². The van der Waals surface area contributed by atoms with Crippen LogP contribution in [0.3, 0.4) is 0 Å². The lowest BCUT2D eigenvalue weighted by atomic mass is 10.1. The molecule has 18 heavy (non-hydrogen) atoms. The molecule has 0 rings (SSSR count). The zero-order chi connectivity index (χ0) is 13.8. The van der Waals surface area contributed by atoms with Gasteiger partial charge in [0.15, 0.2) is 0 Å². The number of nitrogens with one attached hydrogen (secondary N) is 1. The number of esters is 1. The summed E-state index contributed by atoms with van der Waals surface area (Å²) in [6, 6.07) is -0.443. The third-order valence-corrected chi connectivity index (χ3v) is 2.64. The molecule has 0 aromatic carbocycles. The van der Waals surface area contributed by atoms with Gasteiger partial charge in [-0.2, -0.15) is 0 Å². The van der Waals surface area contributed by atoms with Gasteiger partial charge in [-0.1, -0.05) is 12.8 Å². The van der Waals surface area contributed by atoms with Gasteiger partial charge in [0, 0.05) is 6.61 Å². The molecule has 0 aromatic rings. The fourth-order valence-electron chi connectivity index (χ4n) is 1.61. The monoisotopic (exact) mass is 259 g/mol. The maximum atomic E-state index is 11.3. The van der Waals surface area contributed by atoms with Gasteiger partial charge in [0.1, 0.15) is 5.78 Å². The van der Waals surface area contributed by atoms with E-state index in [2.05, 4.69) is 5.32 Å². The molecule has 5 heteroatoms. The summed E-state index contributed by atoms with van der Waals surface area (Å²) in [6.45, 7) is 4.49. The average molecular weight is 259 g/mol. The van der Waals surface area contributed by atoms with Crippen LogP contribution in [-0.2, 0) is 14.3 Å². The molecule has 0 aliphatic carbocycles. The van der Waals surface area contributed by atoms with E-state index < -0.39 is 6.04 Å². The predicted octanol–water partition coefficient (Wildman–Crippen LogP) is 1.04. The zero-order valence-corrected chi connectivity index (χ0v) is 11.4. The summed E-state index contributed by atoms with van der Waals surface area (Å²) in [5.74, 6) is -0.385. The molecule has 5 nitrogen and oxygen atoms in total. The summed E-state index contributed by atoms with van der Waals surface area (Å²) in [4.78, 5) is 22.6. The van der Waals surface area contributed by atoms with Crippen LogP contribution in [-0.4, -0.2) is 42.7 Å². The van der Waals surface area contributed by atoms with Crippen LogP contribution in [0.4, 0.5) is 0 Å². The Morgan fingerprint density at radius 3 is 2.44 bits per heavy atom. The van der Waals surface area contributed by atoms with E-state index in [9.17, 15) is 9.59 Å². The standard InChI is InChI=1S/C13H25NO4/c1-3-18-13(17)10-12(11(2)16)14-8-6-4-5-7-9-15/h12,14-15H,3-10H2,1-2H3. The SMILES string of the molecule is CCOC(=O)CC(NCCCCCCO)C(C)=O. The highest BCUT2D eigenvalue weighted by atomic mass is 16.5. The summed E-state index contributed by atoms with van der Waals surface area (Å²) in [7, 11) is 0. The summed E-state index contributed by atoms with van der Waals surface area (Å²) in [5.41, 5.74) is 0. The van der Waals surface area contributed by atoms with Gasteiger partial charge in [-0.15, -0.1) is 0 Å². The number of ether oxygens (including phenoxy) is 1. The summed E-state index contributed by atoms with van der Waals surface area (Å²) in [6.07, 6.45) is 3.85. The van der Waals surface area contributed by atoms with Crippen LogP contribution >= 0.6 is 0 Å². The number of hydrogen-bond acceptors (Lipinski definition) is 5. The van der Waals surface area contributed by atoms with Crippen LogP contribution in [0.15, 0.2) is 0 Å². The highest BCUT2D eigenvalue weighted by molar-refractivity contribution is 5.86. The van der Waals surface area contributed by atoms with Crippen molar-refractivity contribution in [2.24, 2.45) is 0 Å². The molecule has 1 atom stereocenters. The van der Waals surface area contributed by atoms with Crippen LogP contribution in [0.1, 0.15) is 46.0 Å². The minimum absolute atomic E-state index is 0.0431. The molecule has 106 valence electrons. The van der Waals surface area contributed by atoms with Gasteiger partial charge >= 0.3 is 5.97 Å². The van der Waals surface area contributed by atoms with E-state index in [-0.39, 0.29) is 24.8 Å². The topological polar surface area (TPSA) is 75.6 Å². The lowest BCUT2D eigenvalue weighted by Gasteiger charge is -2.14. The predicted molar refractivity (Wildman–Crippen MR) is 69.3 cm³/mol. The van der Waals surface area contributed by atoms with Crippen LogP contribution in [0.2, 0.25) is 0 Å². The number of rotatable bonds is 11. The van der Waals surface area contributed by atoms with Gasteiger partial charge in [-0.05, 0) is 33.2 Å². The lowest BCUT2D eigenvalue weighted by Crippen LogP contribution is -2.38. The smallest absolute Gasteiger partial charge is 0.307 e. The first-order valence-electron chi connectivity index (χ1n) is 6.62. The second-order valence-corrected chi connectivity index (χ2v) is 4.26. The molecule has 0 aliphatic heterocycles. The van der Waals surface area contributed by atoms with E-state index in [1.165, 1.54) is 6.92 Å². The molecule has 0 saturated heterocycles. The maximum Gasteiger partial charge on any atom is 0.307 e. The van der Waals surface area contributed by atoms with Gasteiger partial charge in [-0.25, -0.2) is 0 Å². The third kappa shape index (κ3) is 9.13. The Hall–Kier alpha value is -0.940. The molecule has 0 heterocycles. The molecule has 0 bridgehead atoms. The molecule has 1 unspecified atom stereocenters. The second kappa shape index (κ2) is 11.2. The van der Waals surface area contributed by atoms with E-state index in [4.69, 9.17) is 9.84 Å². The first kappa shape index (κ1) is 17.1. The van der Waals surface area contributed by atoms with Crippen molar-refractivity contribution in [2.45, 2.75) is 52.0 Å². The molecular formula is C13H25NO4. The molecule has 0 aliphatic rings. The Labute approximate surface area is 109 Å². The largest absolute Gasteiger partial charge is 0.466 e. The molecule has 0 aromatic heterocycles. The molecular weight excluding hydrogens is 234 g/mol. The number of aliphatic hydroxyl groups is 1. The Balaban J connectivity index is 3.77. The van der Waals surface area contributed by atoms with Crippen LogP contribution in [0.5, 0.6) is 0 Å². The van der Waals surface area contributed by atoms with E-state index in [1.54, 1.807) is 6.92 Å². The zero-order valence-electron chi connectivity index (χ0n) is 11.4. The van der Waals surface area contributed by atoms with Crippen molar-refractivity contribution in [3.8, 4) is 0 Å². The molecule has 2 N–H and O–H groups in total. The fourth-order valence-corrected chi connectivity index (χ4v) is 1.61. The number of hydrogen-bond donors (Lipinski definition) is 2. The number of unbranched alkanes of at least 4 members (excludes halogenated alkanes) is 3. The quantitative estimate of drug-likeness (QED) is 0.428. The van der Waals surface area contributed by atoms with Gasteiger partial charge < -0.3 is 15.2 Å². The first-order valence-corrected chi connectivity index (χ1v) is 6.62. The van der Waals surface area contributed by atoms with Crippen molar-refractivity contribution in [2.75, 3.05) is 19.8 Å². The highest BCUT2D eigenvalue weighted by Gasteiger charge is 2.18. The summed E-state index contributed by atoms with van der Waals surface area (Å²) in [5, 5.41) is 11.7. The Morgan fingerprint density at radius 1 is 1.22 bits per heavy atom. The summed E-state index contributed by atoms with van der Waals surface area (Å²) < 4.78 is 4.82. The van der Waals surface area contributed by atoms with E-state index in [0.29, 0.717) is 13.2 Å². The lowest BCUT2D eigenvalue weighted by molar-refractivity contribution is -0.145. The minimum atomic E-state index is -0.443. The van der Waals surface area contributed by atoms with E-state index in [1.807, 2.05) is 0 Å². The summed E-state index contributed by atoms with van der Waals surface area (Å²) >= 11 is 0. The van der Waals surface area contributed by atoms with Crippen molar-refractivity contribution in [3.05, 3.63) is 0 Å². The molecule has 0 radical (unpaired) electrons. The van der Waals surface area contributed by atoms with Crippen LogP contribution in [0.25, 0.3) is 0 Å². The maximum absolute atomic E-state index is 11.3. The number of Topliss-reactive ketones (excluding diaryl/α,β-unsaturated/α-hetero) is 1. The number of carbonyl (C=O) groups excluding carboxylic acids is 2. The molecule has 0 spiro atoms. The Bertz CT molecular complexity index is 243. The number of aliphatic hydroxyl groups excluding tert-OH is 1. The normalized spacial score (nSPS) is 12.2. The second-order valence-electron chi connectivity index (χ2n) is 4.26. The number of carbonyl (C=O) groups is 2. The van der Waals surface area contributed by atoms with Gasteiger partial charge in [0.2, 0.25) is 0 Å². The third-order valence-electron chi connectivity index (χ3n) is 2.64. The van der Waals surface area contributed by atoms with E-state index >= 15 is 0 Å². The Morgan fingerprint density at radius 2 is 1.89 bits per heavy atom. The van der Waals surface area contributed by atoms with Gasteiger partial charge in [-0.3, -0.25) is 9.59 Å². The first-order chi connectivity index (χ1) is 8.61. The van der Waals surface area contributed by atoms with Crippen molar-refractivity contribution in [1.82, 2.24) is 5.32 Å². The van der Waals surface area contributed by atoms with Crippen molar-refractivity contribution in [1.29, 1.82) is 0 Å². The van der Waals surface area contributed by atoms with Gasteiger partial charge in [0.05, 0.1) is 19.1 Å². The van der Waals surface area contributed by atoms with Crippen molar-refractivity contribution in [3.63, 3.8) is 0 Å². The van der Waals surface area contributed by atoms with Crippen molar-refractivity contribution < 1.29 is 19.4 Å². The molecule has 0 saturated carbocycles.